The number of nitrogens with two attached hydrogens (primary N) is 1. The van der Waals surface area contributed by atoms with Crippen LogP contribution >= 0.6 is 11.3 Å². The molecule has 2 aromatic rings. The predicted octanol–water partition coefficient (Wildman–Crippen LogP) is 3.58. The molecule has 0 saturated carbocycles. The second kappa shape index (κ2) is 4.80. The van der Waals surface area contributed by atoms with Crippen molar-refractivity contribution in [3.63, 3.8) is 0 Å². The summed E-state index contributed by atoms with van der Waals surface area (Å²) in [7, 11) is 2.09. The zero-order valence-electron chi connectivity index (χ0n) is 10.5. The maximum absolute atomic E-state index is 6.02. The smallest absolute Gasteiger partial charge is 0.0603 e. The number of rotatable bonds is 3. The summed E-state index contributed by atoms with van der Waals surface area (Å²) in [6, 6.07) is 8.32. The van der Waals surface area contributed by atoms with E-state index in [1.54, 1.807) is 11.3 Å². The van der Waals surface area contributed by atoms with E-state index in [1.807, 2.05) is 12.1 Å². The molecule has 0 radical (unpaired) electrons. The van der Waals surface area contributed by atoms with Gasteiger partial charge >= 0.3 is 0 Å². The van der Waals surface area contributed by atoms with Gasteiger partial charge in [0.15, 0.2) is 0 Å². The Morgan fingerprint density at radius 3 is 2.65 bits per heavy atom. The molecule has 1 aromatic heterocycles. The molecular weight excluding hydrogens is 228 g/mol. The van der Waals surface area contributed by atoms with Crippen LogP contribution < -0.4 is 10.6 Å². The summed E-state index contributed by atoms with van der Waals surface area (Å²) in [5.74, 6) is 0. The van der Waals surface area contributed by atoms with Gasteiger partial charge in [0, 0.05) is 11.9 Å². The third kappa shape index (κ3) is 2.61. The highest BCUT2D eigenvalue weighted by Gasteiger charge is 2.08. The van der Waals surface area contributed by atoms with Gasteiger partial charge in [0.2, 0.25) is 0 Å². The minimum Gasteiger partial charge on any atom is -0.397 e. The standard InChI is InChI=1S/C14H18N2S/c1-10-4-5-12(15)13(8-10)16(3)9-14-11(2)6-7-17-14/h4-8H,9,15H2,1-3H3. The SMILES string of the molecule is Cc1ccc(N)c(N(C)Cc2sccc2C)c1. The maximum atomic E-state index is 6.02. The second-order valence-electron chi connectivity index (χ2n) is 4.45. The van der Waals surface area contributed by atoms with Crippen LogP contribution in [0.3, 0.4) is 0 Å². The molecular formula is C14H18N2S. The summed E-state index contributed by atoms with van der Waals surface area (Å²) in [5.41, 5.74) is 10.6. The Labute approximate surface area is 107 Å². The van der Waals surface area contributed by atoms with E-state index in [9.17, 15) is 0 Å². The lowest BCUT2D eigenvalue weighted by atomic mass is 10.1. The monoisotopic (exact) mass is 246 g/mol. The van der Waals surface area contributed by atoms with Crippen molar-refractivity contribution in [3.8, 4) is 0 Å². The molecule has 3 heteroatoms. The van der Waals surface area contributed by atoms with Gasteiger partial charge in [-0.15, -0.1) is 11.3 Å². The van der Waals surface area contributed by atoms with Crippen LogP contribution in [0.5, 0.6) is 0 Å². The molecule has 17 heavy (non-hydrogen) atoms. The third-order valence-corrected chi connectivity index (χ3v) is 3.95. The zero-order chi connectivity index (χ0) is 12.4. The molecule has 0 unspecified atom stereocenters. The highest BCUT2D eigenvalue weighted by molar-refractivity contribution is 7.10. The summed E-state index contributed by atoms with van der Waals surface area (Å²) in [6.07, 6.45) is 0. The molecule has 1 heterocycles. The van der Waals surface area contributed by atoms with Gasteiger partial charge in [-0.1, -0.05) is 6.07 Å². The lowest BCUT2D eigenvalue weighted by molar-refractivity contribution is 0.934. The van der Waals surface area contributed by atoms with Crippen LogP contribution in [0.2, 0.25) is 0 Å². The molecule has 0 aliphatic rings. The average molecular weight is 246 g/mol. The molecule has 2 N–H and O–H groups in total. The van der Waals surface area contributed by atoms with Gasteiger partial charge in [0.05, 0.1) is 17.9 Å². The van der Waals surface area contributed by atoms with Crippen molar-refractivity contribution in [1.82, 2.24) is 0 Å². The van der Waals surface area contributed by atoms with Gasteiger partial charge in [0.25, 0.3) is 0 Å². The molecule has 1 aromatic carbocycles. The van der Waals surface area contributed by atoms with E-state index in [-0.39, 0.29) is 0 Å². The Morgan fingerprint density at radius 2 is 2.00 bits per heavy atom. The molecule has 2 nitrogen and oxygen atoms in total. The second-order valence-corrected chi connectivity index (χ2v) is 5.45. The Kier molecular flexibility index (Phi) is 3.38. The number of aryl methyl sites for hydroxylation is 2. The summed E-state index contributed by atoms with van der Waals surface area (Å²) < 4.78 is 0. The first-order chi connectivity index (χ1) is 8.08. The van der Waals surface area contributed by atoms with E-state index < -0.39 is 0 Å². The van der Waals surface area contributed by atoms with Crippen molar-refractivity contribution in [1.29, 1.82) is 0 Å². The third-order valence-electron chi connectivity index (χ3n) is 2.95. The fourth-order valence-corrected chi connectivity index (χ4v) is 2.81. The highest BCUT2D eigenvalue weighted by atomic mass is 32.1. The fraction of sp³-hybridized carbons (Fsp3) is 0.286. The first-order valence-electron chi connectivity index (χ1n) is 5.68. The van der Waals surface area contributed by atoms with Gasteiger partial charge in [-0.25, -0.2) is 0 Å². The number of nitrogens with zero attached hydrogens (tertiary/aromatic N) is 1. The molecule has 90 valence electrons. The van der Waals surface area contributed by atoms with E-state index in [1.165, 1.54) is 16.0 Å². The zero-order valence-corrected chi connectivity index (χ0v) is 11.3. The number of hydrogen-bond acceptors (Lipinski definition) is 3. The van der Waals surface area contributed by atoms with E-state index in [0.29, 0.717) is 0 Å². The van der Waals surface area contributed by atoms with Crippen LogP contribution in [-0.4, -0.2) is 7.05 Å². The lowest BCUT2D eigenvalue weighted by Gasteiger charge is -2.21. The van der Waals surface area contributed by atoms with Gasteiger partial charge < -0.3 is 10.6 Å². The van der Waals surface area contributed by atoms with Crippen LogP contribution in [0.4, 0.5) is 11.4 Å². The molecule has 0 spiro atoms. The van der Waals surface area contributed by atoms with Crippen molar-refractivity contribution < 1.29 is 0 Å². The van der Waals surface area contributed by atoms with Crippen LogP contribution in [0.15, 0.2) is 29.6 Å². The summed E-state index contributed by atoms with van der Waals surface area (Å²) in [4.78, 5) is 3.61. The van der Waals surface area contributed by atoms with Crippen LogP contribution in [0.25, 0.3) is 0 Å². The normalized spacial score (nSPS) is 10.5. The minimum atomic E-state index is 0.840. The number of hydrogen-bond donors (Lipinski definition) is 1. The Balaban J connectivity index is 2.23. The van der Waals surface area contributed by atoms with Crippen molar-refractivity contribution >= 4 is 22.7 Å². The van der Waals surface area contributed by atoms with Crippen molar-refractivity contribution in [2.45, 2.75) is 20.4 Å². The first kappa shape index (κ1) is 12.0. The molecule has 0 aliphatic carbocycles. The van der Waals surface area contributed by atoms with Crippen molar-refractivity contribution in [3.05, 3.63) is 45.6 Å². The van der Waals surface area contributed by atoms with E-state index in [2.05, 4.69) is 43.3 Å². The van der Waals surface area contributed by atoms with Gasteiger partial charge in [-0.05, 0) is 48.6 Å². The molecule has 2 rings (SSSR count). The van der Waals surface area contributed by atoms with Crippen LogP contribution in [-0.2, 0) is 6.54 Å². The summed E-state index contributed by atoms with van der Waals surface area (Å²) >= 11 is 1.80. The predicted molar refractivity (Wildman–Crippen MR) is 76.8 cm³/mol. The lowest BCUT2D eigenvalue weighted by Crippen LogP contribution is -2.17. The molecule has 0 fully saturated rings. The minimum absolute atomic E-state index is 0.840. The van der Waals surface area contributed by atoms with Crippen LogP contribution in [0.1, 0.15) is 16.0 Å². The van der Waals surface area contributed by atoms with Gasteiger partial charge in [-0.3, -0.25) is 0 Å². The summed E-state index contributed by atoms with van der Waals surface area (Å²) in [5, 5.41) is 2.14. The van der Waals surface area contributed by atoms with Gasteiger partial charge in [0.1, 0.15) is 0 Å². The number of anilines is 2. The molecule has 0 bridgehead atoms. The largest absolute Gasteiger partial charge is 0.397 e. The molecule has 0 aliphatic heterocycles. The topological polar surface area (TPSA) is 29.3 Å². The molecule has 0 saturated heterocycles. The Hall–Kier alpha value is -1.48. The Morgan fingerprint density at radius 1 is 1.24 bits per heavy atom. The quantitative estimate of drug-likeness (QED) is 0.839. The first-order valence-corrected chi connectivity index (χ1v) is 6.56. The highest BCUT2D eigenvalue weighted by Crippen LogP contribution is 2.26. The van der Waals surface area contributed by atoms with Crippen molar-refractivity contribution in [2.75, 3.05) is 17.7 Å². The van der Waals surface area contributed by atoms with Crippen molar-refractivity contribution in [2.24, 2.45) is 0 Å². The molecule has 0 atom stereocenters. The maximum Gasteiger partial charge on any atom is 0.0603 e. The number of nitrogen functional groups attached to an aromatic ring is 1. The number of thiophene rings is 1. The number of benzene rings is 1. The van der Waals surface area contributed by atoms with Crippen LogP contribution in [0, 0.1) is 13.8 Å². The van der Waals surface area contributed by atoms with E-state index in [4.69, 9.17) is 5.73 Å². The fourth-order valence-electron chi connectivity index (χ4n) is 1.85. The average Bonchev–Trinajstić information content (AvgIpc) is 2.68. The van der Waals surface area contributed by atoms with E-state index in [0.717, 1.165) is 17.9 Å². The van der Waals surface area contributed by atoms with E-state index >= 15 is 0 Å². The summed E-state index contributed by atoms with van der Waals surface area (Å²) in [6.45, 7) is 5.16. The van der Waals surface area contributed by atoms with Gasteiger partial charge in [-0.2, -0.15) is 0 Å². The Bertz CT molecular complexity index is 517. The molecule has 0 amide bonds.